The molecule has 1 atom stereocenters. The van der Waals surface area contributed by atoms with Crippen LogP contribution in [0.3, 0.4) is 0 Å². The molecule has 0 aromatic rings. The molecular weight excluding hydrogens is 937 g/mol. The van der Waals surface area contributed by atoms with Crippen molar-refractivity contribution in [3.8, 4) is 0 Å². The summed E-state index contributed by atoms with van der Waals surface area (Å²) in [5, 5.41) is 0. The van der Waals surface area contributed by atoms with Crippen molar-refractivity contribution in [2.75, 3.05) is 13.2 Å². The summed E-state index contributed by atoms with van der Waals surface area (Å²) in [4.78, 5) is 38.0. The number of hydrogen-bond acceptors (Lipinski definition) is 6. The minimum atomic E-state index is -0.761. The Morgan fingerprint density at radius 1 is 0.211 bits per heavy atom. The topological polar surface area (TPSA) is 78.9 Å². The molecule has 0 aliphatic rings. The molecule has 0 heterocycles. The van der Waals surface area contributed by atoms with Gasteiger partial charge in [0, 0.05) is 19.3 Å². The lowest BCUT2D eigenvalue weighted by Gasteiger charge is -2.18. The third-order valence-electron chi connectivity index (χ3n) is 16.4. The van der Waals surface area contributed by atoms with E-state index in [1.54, 1.807) is 0 Å². The molecule has 0 aliphatic carbocycles. The van der Waals surface area contributed by atoms with Crippen molar-refractivity contribution in [2.24, 2.45) is 0 Å². The number of ether oxygens (including phenoxy) is 3. The van der Waals surface area contributed by atoms with Gasteiger partial charge >= 0.3 is 17.9 Å². The average molecular weight is 1070 g/mol. The maximum absolute atomic E-state index is 12.8. The van der Waals surface area contributed by atoms with Crippen LogP contribution < -0.4 is 0 Å². The van der Waals surface area contributed by atoms with Gasteiger partial charge in [-0.15, -0.1) is 0 Å². The van der Waals surface area contributed by atoms with E-state index in [0.29, 0.717) is 19.3 Å². The van der Waals surface area contributed by atoms with Crippen molar-refractivity contribution < 1.29 is 28.6 Å². The Balaban J connectivity index is 3.86. The van der Waals surface area contributed by atoms with E-state index in [9.17, 15) is 14.4 Å². The average Bonchev–Trinajstić information content (AvgIpc) is 3.42. The summed E-state index contributed by atoms with van der Waals surface area (Å²) in [6, 6.07) is 0. The van der Waals surface area contributed by atoms with Crippen LogP contribution in [0.5, 0.6) is 0 Å². The largest absolute Gasteiger partial charge is 0.462 e. The summed E-state index contributed by atoms with van der Waals surface area (Å²) in [6.07, 6.45) is 77.6. The van der Waals surface area contributed by atoms with Crippen molar-refractivity contribution >= 4 is 17.9 Å². The quantitative estimate of drug-likeness (QED) is 0.0343. The highest BCUT2D eigenvalue weighted by molar-refractivity contribution is 5.71. The third kappa shape index (κ3) is 63.2. The van der Waals surface area contributed by atoms with E-state index in [4.69, 9.17) is 14.2 Å². The van der Waals surface area contributed by atoms with E-state index in [2.05, 4.69) is 20.8 Å². The monoisotopic (exact) mass is 1070 g/mol. The second kappa shape index (κ2) is 65.9. The fraction of sp³-hybridized carbons (Fsp3) is 0.957. The number of carbonyl (C=O) groups is 3. The third-order valence-corrected chi connectivity index (χ3v) is 16.4. The van der Waals surface area contributed by atoms with E-state index < -0.39 is 6.10 Å². The summed E-state index contributed by atoms with van der Waals surface area (Å²) >= 11 is 0. The second-order valence-electron chi connectivity index (χ2n) is 24.2. The van der Waals surface area contributed by atoms with Crippen LogP contribution in [-0.2, 0) is 28.6 Å². The van der Waals surface area contributed by atoms with Gasteiger partial charge in [0.1, 0.15) is 13.2 Å². The number of esters is 3. The fourth-order valence-corrected chi connectivity index (χ4v) is 11.1. The standard InChI is InChI=1S/C70H136O6/c1-4-7-10-13-16-18-20-22-24-26-28-29-30-31-32-33-34-35-36-37-38-39-40-41-42-43-45-46-48-50-52-54-57-60-63-69(72)75-66-67(65-74-68(71)62-59-56-15-12-9-6-3)76-70(73)64-61-58-55-53-51-49-47-44-27-25-23-21-19-17-14-11-8-5-2/h67H,4-66H2,1-3H3. The van der Waals surface area contributed by atoms with Crippen LogP contribution in [0.25, 0.3) is 0 Å². The van der Waals surface area contributed by atoms with Crippen molar-refractivity contribution in [3.63, 3.8) is 0 Å². The van der Waals surface area contributed by atoms with Crippen molar-refractivity contribution in [2.45, 2.75) is 419 Å². The highest BCUT2D eigenvalue weighted by Crippen LogP contribution is 2.19. The fourth-order valence-electron chi connectivity index (χ4n) is 11.1. The number of unbranched alkanes of at least 4 members (excludes halogenated alkanes) is 55. The van der Waals surface area contributed by atoms with Gasteiger partial charge in [0.15, 0.2) is 6.10 Å². The maximum Gasteiger partial charge on any atom is 0.306 e. The Kier molecular flexibility index (Phi) is 64.5. The molecule has 6 nitrogen and oxygen atoms in total. The van der Waals surface area contributed by atoms with E-state index in [-0.39, 0.29) is 31.1 Å². The van der Waals surface area contributed by atoms with Gasteiger partial charge in [-0.05, 0) is 19.3 Å². The zero-order chi connectivity index (χ0) is 55.0. The first kappa shape index (κ1) is 74.4. The summed E-state index contributed by atoms with van der Waals surface area (Å²) < 4.78 is 16.8. The highest BCUT2D eigenvalue weighted by Gasteiger charge is 2.19. The SMILES string of the molecule is CCCCCCCCCCCCCCCCCCCCCCCCCCCCCCCCCCCCC(=O)OCC(COC(=O)CCCCCCCC)OC(=O)CCCCCCCCCCCCCCCCCCCC. The predicted octanol–water partition coefficient (Wildman–Crippen LogP) is 23.8. The molecule has 0 aliphatic heterocycles. The molecule has 0 bridgehead atoms. The zero-order valence-corrected chi connectivity index (χ0v) is 52.1. The van der Waals surface area contributed by atoms with E-state index in [0.717, 1.165) is 57.8 Å². The number of rotatable bonds is 66. The normalized spacial score (nSPS) is 11.9. The molecule has 0 fully saturated rings. The van der Waals surface area contributed by atoms with Gasteiger partial charge in [-0.25, -0.2) is 0 Å². The van der Waals surface area contributed by atoms with E-state index in [1.165, 1.54) is 315 Å². The molecule has 0 saturated heterocycles. The Morgan fingerprint density at radius 3 is 0.526 bits per heavy atom. The molecule has 0 spiro atoms. The first-order valence-corrected chi connectivity index (χ1v) is 35.0. The van der Waals surface area contributed by atoms with Crippen molar-refractivity contribution in [3.05, 3.63) is 0 Å². The molecule has 1 unspecified atom stereocenters. The molecule has 452 valence electrons. The van der Waals surface area contributed by atoms with Gasteiger partial charge in [-0.3, -0.25) is 14.4 Å². The summed E-state index contributed by atoms with van der Waals surface area (Å²) in [7, 11) is 0. The Hall–Kier alpha value is -1.59. The molecule has 0 amide bonds. The van der Waals surface area contributed by atoms with Gasteiger partial charge in [0.25, 0.3) is 0 Å². The van der Waals surface area contributed by atoms with Crippen LogP contribution in [0, 0.1) is 0 Å². The van der Waals surface area contributed by atoms with Crippen LogP contribution in [0.2, 0.25) is 0 Å². The van der Waals surface area contributed by atoms with Gasteiger partial charge < -0.3 is 14.2 Å². The number of hydrogen-bond donors (Lipinski definition) is 0. The molecule has 0 N–H and O–H groups in total. The Bertz CT molecular complexity index is 1140. The van der Waals surface area contributed by atoms with Gasteiger partial charge in [0.05, 0.1) is 0 Å². The van der Waals surface area contributed by atoms with Crippen molar-refractivity contribution in [1.29, 1.82) is 0 Å². The first-order valence-electron chi connectivity index (χ1n) is 35.0. The summed E-state index contributed by atoms with van der Waals surface area (Å²) in [5.74, 6) is -0.840. The first-order chi connectivity index (χ1) is 37.5. The van der Waals surface area contributed by atoms with Crippen LogP contribution >= 0.6 is 0 Å². The lowest BCUT2D eigenvalue weighted by atomic mass is 10.0. The zero-order valence-electron chi connectivity index (χ0n) is 52.1. The van der Waals surface area contributed by atoms with Gasteiger partial charge in [-0.2, -0.15) is 0 Å². The molecule has 0 rings (SSSR count). The molecule has 0 radical (unpaired) electrons. The number of carbonyl (C=O) groups excluding carboxylic acids is 3. The molecular formula is C70H136O6. The Morgan fingerprint density at radius 2 is 0.355 bits per heavy atom. The van der Waals surface area contributed by atoms with Crippen molar-refractivity contribution in [1.82, 2.24) is 0 Å². The van der Waals surface area contributed by atoms with Crippen LogP contribution in [0.4, 0.5) is 0 Å². The lowest BCUT2D eigenvalue weighted by molar-refractivity contribution is -0.167. The smallest absolute Gasteiger partial charge is 0.306 e. The highest BCUT2D eigenvalue weighted by atomic mass is 16.6. The van der Waals surface area contributed by atoms with Crippen LogP contribution in [0.15, 0.2) is 0 Å². The molecule has 0 aromatic carbocycles. The molecule has 6 heteroatoms. The lowest BCUT2D eigenvalue weighted by Crippen LogP contribution is -2.30. The molecule has 0 saturated carbocycles. The van der Waals surface area contributed by atoms with Crippen LogP contribution in [-0.4, -0.2) is 37.2 Å². The van der Waals surface area contributed by atoms with E-state index in [1.807, 2.05) is 0 Å². The summed E-state index contributed by atoms with van der Waals surface area (Å²) in [6.45, 7) is 6.67. The summed E-state index contributed by atoms with van der Waals surface area (Å²) in [5.41, 5.74) is 0. The van der Waals surface area contributed by atoms with Crippen LogP contribution in [0.1, 0.15) is 412 Å². The predicted molar refractivity (Wildman–Crippen MR) is 330 cm³/mol. The molecule has 76 heavy (non-hydrogen) atoms. The van der Waals surface area contributed by atoms with Gasteiger partial charge in [0.2, 0.25) is 0 Å². The van der Waals surface area contributed by atoms with E-state index >= 15 is 0 Å². The minimum absolute atomic E-state index is 0.0618. The maximum atomic E-state index is 12.8. The molecule has 0 aromatic heterocycles. The Labute approximate surface area is 476 Å². The van der Waals surface area contributed by atoms with Gasteiger partial charge in [-0.1, -0.05) is 374 Å². The second-order valence-corrected chi connectivity index (χ2v) is 24.2. The minimum Gasteiger partial charge on any atom is -0.462 e.